The lowest BCUT2D eigenvalue weighted by Crippen LogP contribution is -2.56. The van der Waals surface area contributed by atoms with Crippen LogP contribution >= 0.6 is 71.5 Å². The summed E-state index contributed by atoms with van der Waals surface area (Å²) >= 11 is 17.2. The third kappa shape index (κ3) is 11.9. The van der Waals surface area contributed by atoms with E-state index in [-0.39, 0.29) is 45.0 Å². The number of rotatable bonds is 26. The van der Waals surface area contributed by atoms with Crippen LogP contribution in [0.25, 0.3) is 0 Å². The monoisotopic (exact) mass is 990 g/mol. The lowest BCUT2D eigenvalue weighted by Gasteiger charge is -2.37. The maximum absolute atomic E-state index is 14.5. The fourth-order valence-corrected chi connectivity index (χ4v) is 14.1. The number of hydrogen-bond acceptors (Lipinski definition) is 12. The van der Waals surface area contributed by atoms with Crippen LogP contribution in [0.1, 0.15) is 158 Å². The number of thiocarbonyl (C=S) groups is 2. The SMILES string of the molecule is CCCCC(CC)COc1c2c(c(OCC(CC)CCCC)c3c1SC(=C1C(=O)N(CCCC)C(=S)N(CCCC)C1=O)S3)SC(=C1C(=O)N(CCCC)C(=S)N(CCCC)C1=O)S2. The highest BCUT2D eigenvalue weighted by Crippen LogP contribution is 2.69. The topological polar surface area (TPSA) is 99.7 Å². The number of unbranched alkanes of at least 4 members (excludes halogenated alkanes) is 6. The summed E-state index contributed by atoms with van der Waals surface area (Å²) in [6.07, 6.45) is 14.9. The van der Waals surface area contributed by atoms with Crippen LogP contribution in [0.5, 0.6) is 11.5 Å². The van der Waals surface area contributed by atoms with E-state index < -0.39 is 0 Å². The molecule has 0 spiro atoms. The molecule has 10 nitrogen and oxygen atoms in total. The summed E-state index contributed by atoms with van der Waals surface area (Å²) < 4.78 is 15.2. The molecular formula is C48H70N4O6S6. The predicted molar refractivity (Wildman–Crippen MR) is 273 cm³/mol. The maximum atomic E-state index is 14.5. The van der Waals surface area contributed by atoms with Gasteiger partial charge in [-0.2, -0.15) is 0 Å². The first-order valence-corrected chi connectivity index (χ1v) is 28.1. The second kappa shape index (κ2) is 25.8. The first kappa shape index (κ1) is 52.7. The summed E-state index contributed by atoms with van der Waals surface area (Å²) in [6, 6.07) is 0. The van der Waals surface area contributed by atoms with Crippen LogP contribution in [0.4, 0.5) is 0 Å². The van der Waals surface area contributed by atoms with Crippen LogP contribution in [-0.4, -0.2) is 92.8 Å². The standard InChI is InChI=1S/C48H70N4O6S6/c1-9-17-23-31(15-7)29-57-35-37-39(63-45(61-37)33-41(53)49(25-19-11-3)47(59)50(42(33)54)26-20-12-4)36(58-30-32(16-8)24-18-10-2)40-38(35)62-46(64-40)34-43(55)51(27-21-13-5)48(60)52(44(34)56)28-22-14-6/h31-32H,9-30H2,1-8H3. The minimum Gasteiger partial charge on any atom is -0.491 e. The summed E-state index contributed by atoms with van der Waals surface area (Å²) in [6.45, 7) is 19.8. The highest BCUT2D eigenvalue weighted by molar-refractivity contribution is 8.26. The molecule has 4 amide bonds. The van der Waals surface area contributed by atoms with Gasteiger partial charge in [0.05, 0.1) is 41.3 Å². The van der Waals surface area contributed by atoms with Gasteiger partial charge in [0.25, 0.3) is 23.6 Å². The van der Waals surface area contributed by atoms with Crippen molar-refractivity contribution in [3.05, 3.63) is 19.6 Å². The van der Waals surface area contributed by atoms with Crippen LogP contribution in [0.15, 0.2) is 39.2 Å². The molecule has 2 unspecified atom stereocenters. The molecule has 1 aromatic rings. The second-order valence-electron chi connectivity index (χ2n) is 17.0. The smallest absolute Gasteiger partial charge is 0.267 e. The fraction of sp³-hybridized carbons (Fsp3) is 0.667. The van der Waals surface area contributed by atoms with Crippen LogP contribution in [-0.2, 0) is 19.2 Å². The molecule has 4 heterocycles. The number of thioether (sulfide) groups is 4. The highest BCUT2D eigenvalue weighted by Gasteiger charge is 2.47. The summed E-state index contributed by atoms with van der Waals surface area (Å²) in [4.78, 5) is 67.7. The Morgan fingerprint density at radius 3 is 0.938 bits per heavy atom. The van der Waals surface area contributed by atoms with Gasteiger partial charge < -0.3 is 9.47 Å². The average molecular weight is 992 g/mol. The summed E-state index contributed by atoms with van der Waals surface area (Å²) in [5.74, 6) is 0.436. The Bertz CT molecular complexity index is 1730. The summed E-state index contributed by atoms with van der Waals surface area (Å²) in [5, 5.41) is 0.549. The van der Waals surface area contributed by atoms with Crippen LogP contribution in [0, 0.1) is 11.8 Å². The van der Waals surface area contributed by atoms with E-state index in [9.17, 15) is 19.2 Å². The quantitative estimate of drug-likeness (QED) is 0.0502. The largest absolute Gasteiger partial charge is 0.491 e. The van der Waals surface area contributed by atoms with E-state index in [1.165, 1.54) is 47.0 Å². The van der Waals surface area contributed by atoms with Crippen molar-refractivity contribution in [3.8, 4) is 11.5 Å². The number of carbonyl (C=O) groups excluding carboxylic acids is 4. The number of carbonyl (C=O) groups is 4. The van der Waals surface area contributed by atoms with E-state index in [2.05, 4.69) is 55.4 Å². The molecule has 5 rings (SSSR count). The molecule has 0 N–H and O–H groups in total. The molecule has 4 aliphatic rings. The predicted octanol–water partition coefficient (Wildman–Crippen LogP) is 12.8. The van der Waals surface area contributed by atoms with Crippen molar-refractivity contribution in [2.45, 2.75) is 178 Å². The van der Waals surface area contributed by atoms with Gasteiger partial charge in [0.15, 0.2) is 10.2 Å². The van der Waals surface area contributed by atoms with E-state index in [4.69, 9.17) is 33.9 Å². The van der Waals surface area contributed by atoms with Crippen molar-refractivity contribution in [1.82, 2.24) is 19.6 Å². The molecule has 1 aromatic carbocycles. The Kier molecular flexibility index (Phi) is 21.2. The van der Waals surface area contributed by atoms with Crippen LogP contribution in [0.2, 0.25) is 0 Å². The lowest BCUT2D eigenvalue weighted by molar-refractivity contribution is -0.135. The summed E-state index contributed by atoms with van der Waals surface area (Å²) in [5.41, 5.74) is 0.259. The van der Waals surface area contributed by atoms with Gasteiger partial charge in [-0.25, -0.2) is 0 Å². The van der Waals surface area contributed by atoms with Gasteiger partial charge in [-0.1, -0.05) is 167 Å². The molecule has 354 valence electrons. The van der Waals surface area contributed by atoms with Crippen molar-refractivity contribution < 1.29 is 28.7 Å². The third-order valence-corrected chi connectivity index (χ3v) is 18.2. The number of ether oxygens (including phenoxy) is 2. The van der Waals surface area contributed by atoms with Crippen molar-refractivity contribution in [3.63, 3.8) is 0 Å². The Morgan fingerprint density at radius 1 is 0.438 bits per heavy atom. The fourth-order valence-electron chi connectivity index (χ4n) is 7.83. The van der Waals surface area contributed by atoms with Crippen molar-refractivity contribution >= 4 is 105 Å². The van der Waals surface area contributed by atoms with E-state index in [0.717, 1.165) is 122 Å². The lowest BCUT2D eigenvalue weighted by atomic mass is 10.0. The maximum Gasteiger partial charge on any atom is 0.267 e. The molecule has 64 heavy (non-hydrogen) atoms. The van der Waals surface area contributed by atoms with E-state index >= 15 is 0 Å². The number of nitrogens with zero attached hydrogens (tertiary/aromatic N) is 4. The van der Waals surface area contributed by atoms with Gasteiger partial charge in [0.1, 0.15) is 22.6 Å². The van der Waals surface area contributed by atoms with Gasteiger partial charge in [0, 0.05) is 26.2 Å². The molecule has 0 saturated carbocycles. The Balaban J connectivity index is 1.72. The zero-order valence-electron chi connectivity index (χ0n) is 39.4. The van der Waals surface area contributed by atoms with Gasteiger partial charge in [-0.15, -0.1) is 0 Å². The zero-order valence-corrected chi connectivity index (χ0v) is 44.3. The highest BCUT2D eigenvalue weighted by atomic mass is 32.2. The molecule has 2 fully saturated rings. The first-order chi connectivity index (χ1) is 31.0. The van der Waals surface area contributed by atoms with Gasteiger partial charge in [-0.05, 0) is 74.8 Å². The van der Waals surface area contributed by atoms with E-state index in [0.29, 0.717) is 71.2 Å². The van der Waals surface area contributed by atoms with Crippen molar-refractivity contribution in [2.24, 2.45) is 11.8 Å². The van der Waals surface area contributed by atoms with Crippen LogP contribution in [0.3, 0.4) is 0 Å². The molecule has 0 aromatic heterocycles. The molecular weight excluding hydrogens is 921 g/mol. The molecule has 0 bridgehead atoms. The minimum absolute atomic E-state index is 0.129. The van der Waals surface area contributed by atoms with E-state index in [1.807, 2.05) is 0 Å². The molecule has 2 saturated heterocycles. The Morgan fingerprint density at radius 2 is 0.703 bits per heavy atom. The van der Waals surface area contributed by atoms with Gasteiger partial charge in [-0.3, -0.25) is 38.8 Å². The normalized spacial score (nSPS) is 17.7. The zero-order chi connectivity index (χ0) is 46.5. The van der Waals surface area contributed by atoms with Gasteiger partial charge in [0.2, 0.25) is 0 Å². The summed E-state index contributed by atoms with van der Waals surface area (Å²) in [7, 11) is 0. The van der Waals surface area contributed by atoms with Crippen molar-refractivity contribution in [1.29, 1.82) is 0 Å². The minimum atomic E-state index is -0.365. The molecule has 2 atom stereocenters. The second-order valence-corrected chi connectivity index (χ2v) is 22.3. The van der Waals surface area contributed by atoms with Crippen LogP contribution < -0.4 is 9.47 Å². The Labute approximate surface area is 410 Å². The molecule has 4 aliphatic heterocycles. The number of benzene rings is 1. The number of amides is 4. The average Bonchev–Trinajstić information content (AvgIpc) is 3.92. The molecule has 0 aliphatic carbocycles. The van der Waals surface area contributed by atoms with Gasteiger partial charge >= 0.3 is 0 Å². The third-order valence-electron chi connectivity index (χ3n) is 12.1. The van der Waals surface area contributed by atoms with E-state index in [1.54, 1.807) is 19.6 Å². The first-order valence-electron chi connectivity index (χ1n) is 24.0. The Hall–Kier alpha value is -2.24. The molecule has 0 radical (unpaired) electrons. The molecule has 16 heteroatoms. The van der Waals surface area contributed by atoms with Crippen molar-refractivity contribution in [2.75, 3.05) is 39.4 Å². The number of hydrogen-bond donors (Lipinski definition) is 0. The number of fused-ring (bicyclic) bond motifs is 2.